The van der Waals surface area contributed by atoms with Crippen LogP contribution in [0.5, 0.6) is 0 Å². The second-order valence-corrected chi connectivity index (χ2v) is 6.04. The fourth-order valence-corrected chi connectivity index (χ4v) is 0. The molecule has 0 unspecified atom stereocenters. The third kappa shape index (κ3) is 463. The van der Waals surface area contributed by atoms with E-state index in [1.807, 2.05) is 0 Å². The van der Waals surface area contributed by atoms with Crippen LogP contribution < -0.4 is 0 Å². The molecule has 8 heavy (non-hydrogen) atoms. The van der Waals surface area contributed by atoms with Crippen LogP contribution in [-0.4, -0.2) is 23.9 Å². The van der Waals surface area contributed by atoms with Gasteiger partial charge >= 0.3 is 8.25 Å². The highest BCUT2D eigenvalue weighted by Gasteiger charge is 1.81. The van der Waals surface area contributed by atoms with Crippen molar-refractivity contribution in [3.63, 3.8) is 0 Å². The molecule has 0 aliphatic carbocycles. The highest BCUT2D eigenvalue weighted by atomic mass is 31.1. The zero-order chi connectivity index (χ0) is 7.15. The minimum Gasteiger partial charge on any atom is -0.326 e. The molecule has 0 radical (unpaired) electrons. The summed E-state index contributed by atoms with van der Waals surface area (Å²) in [6.07, 6.45) is 0. The van der Waals surface area contributed by atoms with Gasteiger partial charge in [-0.05, 0) is 0 Å². The molecule has 0 rings (SSSR count). The maximum absolute atomic E-state index is 8.74. The highest BCUT2D eigenvalue weighted by Crippen LogP contribution is 1.98. The van der Waals surface area contributed by atoms with Crippen molar-refractivity contribution in [2.45, 2.75) is 17.4 Å². The van der Waals surface area contributed by atoms with Crippen molar-refractivity contribution in [1.82, 2.24) is 0 Å². The smallest absolute Gasteiger partial charge is 0.314 e. The molecule has 0 saturated carbocycles. The Kier molecular flexibility index (Phi) is 11.0. The van der Waals surface area contributed by atoms with E-state index >= 15 is 0 Å². The molecule has 0 heterocycles. The van der Waals surface area contributed by atoms with E-state index in [4.69, 9.17) is 14.4 Å². The summed E-state index contributed by atoms with van der Waals surface area (Å²) in [6.45, 7) is 0. The molecular formula is C3H12AlO3P. The standard InChI is InChI=1S/3CH3.Al.H3O3P/c;;;;1-4(2)3/h3*1H3;;4H,(H2,1,2,3). The zero-order valence-corrected chi connectivity index (χ0v) is 7.53. The Morgan fingerprint density at radius 3 is 1.25 bits per heavy atom. The van der Waals surface area contributed by atoms with Crippen LogP contribution in [0, 0.1) is 0 Å². The van der Waals surface area contributed by atoms with Crippen LogP contribution >= 0.6 is 8.25 Å². The first-order chi connectivity index (χ1) is 3.46. The van der Waals surface area contributed by atoms with Gasteiger partial charge in [0.1, 0.15) is 0 Å². The van der Waals surface area contributed by atoms with Gasteiger partial charge in [0.25, 0.3) is 14.1 Å². The Balaban J connectivity index is 0. The molecule has 0 fully saturated rings. The fraction of sp³-hybridized carbons (Fsp3) is 1.00. The maximum atomic E-state index is 8.74. The normalized spacial score (nSPS) is 7.75. The summed E-state index contributed by atoms with van der Waals surface area (Å²) in [6, 6.07) is 0. The van der Waals surface area contributed by atoms with Crippen LogP contribution in [0.1, 0.15) is 0 Å². The third-order valence-corrected chi connectivity index (χ3v) is 0. The van der Waals surface area contributed by atoms with E-state index in [1.54, 1.807) is 0 Å². The predicted octanol–water partition coefficient (Wildman–Crippen LogP) is 0.731. The Bertz CT molecular complexity index is 58.8. The van der Waals surface area contributed by atoms with Crippen molar-refractivity contribution in [1.29, 1.82) is 0 Å². The van der Waals surface area contributed by atoms with Crippen LogP contribution in [0.4, 0.5) is 0 Å². The number of hydrogen-bond donors (Lipinski definition) is 2. The van der Waals surface area contributed by atoms with Crippen molar-refractivity contribution in [2.24, 2.45) is 0 Å². The molecule has 0 amide bonds. The largest absolute Gasteiger partial charge is 0.326 e. The van der Waals surface area contributed by atoms with Crippen molar-refractivity contribution in [2.75, 3.05) is 0 Å². The molecule has 0 aromatic heterocycles. The van der Waals surface area contributed by atoms with E-state index in [2.05, 4.69) is 17.4 Å². The molecule has 0 aliphatic rings. The number of hydrogen-bond acceptors (Lipinski definition) is 1. The van der Waals surface area contributed by atoms with Crippen LogP contribution in [-0.2, 0) is 4.57 Å². The summed E-state index contributed by atoms with van der Waals surface area (Å²) in [4.78, 5) is 14.3. The monoisotopic (exact) mass is 154 g/mol. The Hall–Kier alpha value is 0.682. The Morgan fingerprint density at radius 1 is 1.25 bits per heavy atom. The summed E-state index contributed by atoms with van der Waals surface area (Å²) < 4.78 is 8.74. The van der Waals surface area contributed by atoms with Gasteiger partial charge in [0.05, 0.1) is 0 Å². The van der Waals surface area contributed by atoms with Gasteiger partial charge < -0.3 is 9.79 Å². The SMILES string of the molecule is O=[PH](O)O.[CH3][Al]([CH3])[CH3]. The third-order valence-electron chi connectivity index (χ3n) is 0. The van der Waals surface area contributed by atoms with Gasteiger partial charge in [-0.2, -0.15) is 0 Å². The first-order valence-electron chi connectivity index (χ1n) is 2.38. The average molecular weight is 154 g/mol. The Morgan fingerprint density at radius 2 is 1.25 bits per heavy atom. The van der Waals surface area contributed by atoms with Crippen molar-refractivity contribution in [3.05, 3.63) is 0 Å². The topological polar surface area (TPSA) is 57.5 Å². The van der Waals surface area contributed by atoms with Gasteiger partial charge in [0.15, 0.2) is 0 Å². The molecule has 0 atom stereocenters. The van der Waals surface area contributed by atoms with Crippen LogP contribution in [0.2, 0.25) is 17.4 Å². The lowest BCUT2D eigenvalue weighted by molar-refractivity contribution is 0.405. The van der Waals surface area contributed by atoms with Gasteiger partial charge in [0, 0.05) is 0 Å². The van der Waals surface area contributed by atoms with Crippen molar-refractivity contribution < 1.29 is 14.4 Å². The maximum Gasteiger partial charge on any atom is 0.314 e. The summed E-state index contributed by atoms with van der Waals surface area (Å²) in [5, 5.41) is 0. The van der Waals surface area contributed by atoms with Gasteiger partial charge in [-0.15, -0.1) is 17.4 Å². The molecule has 3 nitrogen and oxygen atoms in total. The van der Waals surface area contributed by atoms with E-state index < -0.39 is 8.25 Å². The molecule has 0 aromatic rings. The van der Waals surface area contributed by atoms with Gasteiger partial charge in [-0.25, -0.2) is 0 Å². The average Bonchev–Trinajstić information content (AvgIpc) is 1.25. The predicted molar refractivity (Wildman–Crippen MR) is 36.8 cm³/mol. The van der Waals surface area contributed by atoms with E-state index in [0.717, 1.165) is 0 Å². The van der Waals surface area contributed by atoms with Crippen molar-refractivity contribution in [3.8, 4) is 0 Å². The molecule has 0 spiro atoms. The Labute approximate surface area is 54.7 Å². The first kappa shape index (κ1) is 11.5. The summed E-state index contributed by atoms with van der Waals surface area (Å²) >= 11 is -0.139. The first-order valence-corrected chi connectivity index (χ1v) is 7.15. The van der Waals surface area contributed by atoms with Crippen molar-refractivity contribution >= 4 is 22.4 Å². The van der Waals surface area contributed by atoms with Crippen LogP contribution in [0.3, 0.4) is 0 Å². The summed E-state index contributed by atoms with van der Waals surface area (Å²) in [5.74, 6) is 6.92. The quantitative estimate of drug-likeness (QED) is 0.399. The van der Waals surface area contributed by atoms with Crippen LogP contribution in [0.15, 0.2) is 0 Å². The minimum absolute atomic E-state index is 0.139. The second-order valence-electron chi connectivity index (χ2n) is 2.01. The second kappa shape index (κ2) is 7.68. The highest BCUT2D eigenvalue weighted by molar-refractivity contribution is 7.30. The molecule has 5 heteroatoms. The lowest BCUT2D eigenvalue weighted by Gasteiger charge is -1.67. The number of rotatable bonds is 0. The van der Waals surface area contributed by atoms with Gasteiger partial charge in [0.2, 0.25) is 0 Å². The summed E-state index contributed by atoms with van der Waals surface area (Å²) in [5.41, 5.74) is 0. The zero-order valence-electron chi connectivity index (χ0n) is 5.38. The molecule has 0 aliphatic heterocycles. The molecule has 0 saturated heterocycles. The fourth-order valence-electron chi connectivity index (χ4n) is 0. The van der Waals surface area contributed by atoms with Gasteiger partial charge in [-0.3, -0.25) is 4.57 Å². The van der Waals surface area contributed by atoms with E-state index in [9.17, 15) is 0 Å². The molecule has 0 aromatic carbocycles. The molecule has 0 bridgehead atoms. The van der Waals surface area contributed by atoms with E-state index in [1.165, 1.54) is 0 Å². The van der Waals surface area contributed by atoms with Gasteiger partial charge in [-0.1, -0.05) is 0 Å². The summed E-state index contributed by atoms with van der Waals surface area (Å²) in [7, 11) is -3.13. The lowest BCUT2D eigenvalue weighted by Crippen LogP contribution is -1.84. The van der Waals surface area contributed by atoms with E-state index in [0.29, 0.717) is 0 Å². The molecule has 2 N–H and O–H groups in total. The van der Waals surface area contributed by atoms with E-state index in [-0.39, 0.29) is 14.1 Å². The van der Waals surface area contributed by atoms with Crippen LogP contribution in [0.25, 0.3) is 0 Å². The minimum atomic E-state index is -3.13. The lowest BCUT2D eigenvalue weighted by atomic mass is 11.8. The molecule has 50 valence electrons. The molecular weight excluding hydrogens is 142 g/mol.